The number of rotatable bonds is 5. The SMILES string of the molecule is CC(=O)N(CCC(=O)Nc1ccc(Cl)c(C(F)(F)F)c1)C(C)C. The number of alkyl halides is 3. The minimum absolute atomic E-state index is 0.00523. The third-order valence-electron chi connectivity index (χ3n) is 3.16. The van der Waals surface area contributed by atoms with Crippen LogP contribution in [-0.4, -0.2) is 29.3 Å². The van der Waals surface area contributed by atoms with Crippen LogP contribution >= 0.6 is 11.6 Å². The quantitative estimate of drug-likeness (QED) is 0.874. The maximum atomic E-state index is 12.8. The van der Waals surface area contributed by atoms with E-state index in [9.17, 15) is 22.8 Å². The molecule has 0 fully saturated rings. The fraction of sp³-hybridized carbons (Fsp3) is 0.467. The van der Waals surface area contributed by atoms with Crippen molar-refractivity contribution in [3.63, 3.8) is 0 Å². The lowest BCUT2D eigenvalue weighted by molar-refractivity contribution is -0.137. The second kappa shape index (κ2) is 7.68. The molecule has 0 aliphatic heterocycles. The Hall–Kier alpha value is -1.76. The second-order valence-corrected chi connectivity index (χ2v) is 5.70. The fourth-order valence-corrected chi connectivity index (χ4v) is 2.27. The van der Waals surface area contributed by atoms with E-state index in [1.165, 1.54) is 17.9 Å². The van der Waals surface area contributed by atoms with Gasteiger partial charge in [-0.3, -0.25) is 9.59 Å². The molecule has 8 heteroatoms. The Morgan fingerprint density at radius 1 is 1.30 bits per heavy atom. The monoisotopic (exact) mass is 350 g/mol. The molecule has 0 spiro atoms. The smallest absolute Gasteiger partial charge is 0.340 e. The Bertz CT molecular complexity index is 589. The van der Waals surface area contributed by atoms with Crippen LogP contribution in [0, 0.1) is 0 Å². The molecule has 1 rings (SSSR count). The highest BCUT2D eigenvalue weighted by Gasteiger charge is 2.33. The van der Waals surface area contributed by atoms with Crippen molar-refractivity contribution in [3.8, 4) is 0 Å². The number of hydrogen-bond acceptors (Lipinski definition) is 2. The highest BCUT2D eigenvalue weighted by Crippen LogP contribution is 2.36. The third kappa shape index (κ3) is 5.74. The summed E-state index contributed by atoms with van der Waals surface area (Å²) in [7, 11) is 0. The van der Waals surface area contributed by atoms with Crippen molar-refractivity contribution in [2.45, 2.75) is 39.4 Å². The van der Waals surface area contributed by atoms with Gasteiger partial charge in [0.1, 0.15) is 0 Å². The van der Waals surface area contributed by atoms with Crippen molar-refractivity contribution in [2.75, 3.05) is 11.9 Å². The topological polar surface area (TPSA) is 49.4 Å². The number of halogens is 4. The van der Waals surface area contributed by atoms with Gasteiger partial charge in [0.15, 0.2) is 0 Å². The number of nitrogens with zero attached hydrogens (tertiary/aromatic N) is 1. The number of anilines is 1. The molecule has 0 heterocycles. The summed E-state index contributed by atoms with van der Waals surface area (Å²) in [5.41, 5.74) is -1.00. The van der Waals surface area contributed by atoms with E-state index in [1.807, 2.05) is 13.8 Å². The molecule has 1 aromatic carbocycles. The first-order valence-electron chi connectivity index (χ1n) is 6.96. The van der Waals surface area contributed by atoms with Gasteiger partial charge in [-0.15, -0.1) is 0 Å². The lowest BCUT2D eigenvalue weighted by atomic mass is 10.2. The summed E-state index contributed by atoms with van der Waals surface area (Å²) in [5.74, 6) is -0.647. The summed E-state index contributed by atoms with van der Waals surface area (Å²) in [6.45, 7) is 5.22. The van der Waals surface area contributed by atoms with Gasteiger partial charge in [0.2, 0.25) is 11.8 Å². The predicted octanol–water partition coefficient (Wildman–Crippen LogP) is 3.94. The Labute approximate surface area is 137 Å². The van der Waals surface area contributed by atoms with Gasteiger partial charge in [-0.1, -0.05) is 11.6 Å². The molecule has 128 valence electrons. The van der Waals surface area contributed by atoms with Gasteiger partial charge >= 0.3 is 6.18 Å². The zero-order valence-electron chi connectivity index (χ0n) is 13.0. The van der Waals surface area contributed by atoms with E-state index in [0.29, 0.717) is 0 Å². The largest absolute Gasteiger partial charge is 0.417 e. The summed E-state index contributed by atoms with van der Waals surface area (Å²) in [6.07, 6.45) is -4.61. The van der Waals surface area contributed by atoms with Gasteiger partial charge in [-0.05, 0) is 32.0 Å². The maximum absolute atomic E-state index is 12.8. The van der Waals surface area contributed by atoms with Crippen molar-refractivity contribution in [2.24, 2.45) is 0 Å². The van der Waals surface area contributed by atoms with Crippen molar-refractivity contribution >= 4 is 29.1 Å². The van der Waals surface area contributed by atoms with E-state index in [-0.39, 0.29) is 30.6 Å². The van der Waals surface area contributed by atoms with Crippen LogP contribution in [0.25, 0.3) is 0 Å². The predicted molar refractivity (Wildman–Crippen MR) is 82.2 cm³/mol. The van der Waals surface area contributed by atoms with E-state index >= 15 is 0 Å². The summed E-state index contributed by atoms with van der Waals surface area (Å²) in [5, 5.41) is 1.95. The second-order valence-electron chi connectivity index (χ2n) is 5.30. The molecule has 23 heavy (non-hydrogen) atoms. The van der Waals surface area contributed by atoms with E-state index in [0.717, 1.165) is 12.1 Å². The van der Waals surface area contributed by atoms with Gasteiger partial charge in [-0.2, -0.15) is 13.2 Å². The Morgan fingerprint density at radius 2 is 1.91 bits per heavy atom. The van der Waals surface area contributed by atoms with Crippen molar-refractivity contribution < 1.29 is 22.8 Å². The van der Waals surface area contributed by atoms with Gasteiger partial charge in [-0.25, -0.2) is 0 Å². The summed E-state index contributed by atoms with van der Waals surface area (Å²) in [6, 6.07) is 3.09. The lowest BCUT2D eigenvalue weighted by Gasteiger charge is -2.25. The molecule has 4 nitrogen and oxygen atoms in total. The van der Waals surface area contributed by atoms with Crippen LogP contribution in [0.2, 0.25) is 5.02 Å². The minimum Gasteiger partial charge on any atom is -0.340 e. The number of benzene rings is 1. The third-order valence-corrected chi connectivity index (χ3v) is 3.49. The van der Waals surface area contributed by atoms with Crippen LogP contribution in [0.5, 0.6) is 0 Å². The van der Waals surface area contributed by atoms with Crippen LogP contribution < -0.4 is 5.32 Å². The van der Waals surface area contributed by atoms with Crippen LogP contribution in [0.4, 0.5) is 18.9 Å². The van der Waals surface area contributed by atoms with Crippen LogP contribution in [-0.2, 0) is 15.8 Å². The fourth-order valence-electron chi connectivity index (χ4n) is 2.05. The molecule has 0 saturated heterocycles. The minimum atomic E-state index is -4.60. The number of amides is 2. The van der Waals surface area contributed by atoms with Crippen molar-refractivity contribution in [1.29, 1.82) is 0 Å². The van der Waals surface area contributed by atoms with Crippen molar-refractivity contribution in [3.05, 3.63) is 28.8 Å². The zero-order valence-corrected chi connectivity index (χ0v) is 13.8. The molecular formula is C15H18ClF3N2O2. The Morgan fingerprint density at radius 3 is 2.39 bits per heavy atom. The standard InChI is InChI=1S/C15H18ClF3N2O2/c1-9(2)21(10(3)22)7-6-14(23)20-11-4-5-13(16)12(8-11)15(17,18)19/h4-5,8-9H,6-7H2,1-3H3,(H,20,23). The summed E-state index contributed by atoms with van der Waals surface area (Å²) < 4.78 is 38.3. The molecule has 1 N–H and O–H groups in total. The van der Waals surface area contributed by atoms with E-state index < -0.39 is 22.7 Å². The molecule has 0 aromatic heterocycles. The van der Waals surface area contributed by atoms with E-state index in [1.54, 1.807) is 0 Å². The molecule has 0 aliphatic rings. The molecule has 0 aliphatic carbocycles. The number of hydrogen-bond donors (Lipinski definition) is 1. The summed E-state index contributed by atoms with van der Waals surface area (Å²) in [4.78, 5) is 24.8. The van der Waals surface area contributed by atoms with E-state index in [4.69, 9.17) is 11.6 Å². The average molecular weight is 351 g/mol. The number of carbonyl (C=O) groups is 2. The maximum Gasteiger partial charge on any atom is 0.417 e. The molecule has 0 bridgehead atoms. The van der Waals surface area contributed by atoms with Gasteiger partial charge in [0, 0.05) is 31.6 Å². The van der Waals surface area contributed by atoms with Crippen LogP contribution in [0.3, 0.4) is 0 Å². The van der Waals surface area contributed by atoms with Gasteiger partial charge in [0.25, 0.3) is 0 Å². The molecule has 0 atom stereocenters. The Balaban J connectivity index is 2.73. The first-order valence-corrected chi connectivity index (χ1v) is 7.34. The Kier molecular flexibility index (Phi) is 6.44. The molecule has 1 aromatic rings. The van der Waals surface area contributed by atoms with Crippen LogP contribution in [0.15, 0.2) is 18.2 Å². The van der Waals surface area contributed by atoms with Gasteiger partial charge < -0.3 is 10.2 Å². The molecule has 2 amide bonds. The van der Waals surface area contributed by atoms with Gasteiger partial charge in [0.05, 0.1) is 10.6 Å². The lowest BCUT2D eigenvalue weighted by Crippen LogP contribution is -2.37. The molecule has 0 radical (unpaired) electrons. The zero-order chi connectivity index (χ0) is 17.8. The molecule has 0 saturated carbocycles. The first kappa shape index (κ1) is 19.3. The highest BCUT2D eigenvalue weighted by atomic mass is 35.5. The normalized spacial score (nSPS) is 11.5. The van der Waals surface area contributed by atoms with Crippen molar-refractivity contribution in [1.82, 2.24) is 4.90 Å². The number of carbonyl (C=O) groups excluding carboxylic acids is 2. The van der Waals surface area contributed by atoms with E-state index in [2.05, 4.69) is 5.32 Å². The molecule has 0 unspecified atom stereocenters. The highest BCUT2D eigenvalue weighted by molar-refractivity contribution is 6.31. The number of nitrogens with one attached hydrogen (secondary N) is 1. The first-order chi connectivity index (χ1) is 10.5. The summed E-state index contributed by atoms with van der Waals surface area (Å²) >= 11 is 5.51. The van der Waals surface area contributed by atoms with Crippen LogP contribution in [0.1, 0.15) is 32.8 Å². The molecular weight excluding hydrogens is 333 g/mol. The average Bonchev–Trinajstić information content (AvgIpc) is 2.39.